The fourth-order valence-corrected chi connectivity index (χ4v) is 5.57. The second-order valence-corrected chi connectivity index (χ2v) is 8.38. The van der Waals surface area contributed by atoms with Crippen LogP contribution in [0, 0.1) is 5.92 Å². The number of pyridine rings is 1. The van der Waals surface area contributed by atoms with E-state index in [9.17, 15) is 0 Å². The van der Waals surface area contributed by atoms with Gasteiger partial charge in [-0.05, 0) is 72.8 Å². The van der Waals surface area contributed by atoms with E-state index in [1.165, 1.54) is 53.4 Å². The third-order valence-corrected chi connectivity index (χ3v) is 6.91. The highest BCUT2D eigenvalue weighted by Gasteiger charge is 2.44. The van der Waals surface area contributed by atoms with Crippen LogP contribution in [0.2, 0.25) is 0 Å². The summed E-state index contributed by atoms with van der Waals surface area (Å²) < 4.78 is 6.49. The Labute approximate surface area is 165 Å². The molecule has 28 heavy (non-hydrogen) atoms. The SMILES string of the molecule is c1cncc(CC2C(c3cc4c(ccc5ccccc54)o3)C3CCN2CC3)c1. The minimum Gasteiger partial charge on any atom is -0.461 e. The van der Waals surface area contributed by atoms with Gasteiger partial charge in [-0.15, -0.1) is 0 Å². The Morgan fingerprint density at radius 1 is 0.964 bits per heavy atom. The van der Waals surface area contributed by atoms with E-state index < -0.39 is 0 Å². The molecule has 5 heterocycles. The van der Waals surface area contributed by atoms with E-state index >= 15 is 0 Å². The largest absolute Gasteiger partial charge is 0.461 e. The first kappa shape index (κ1) is 16.3. The van der Waals surface area contributed by atoms with E-state index in [-0.39, 0.29) is 0 Å². The quantitative estimate of drug-likeness (QED) is 0.485. The highest BCUT2D eigenvalue weighted by atomic mass is 16.3. The Balaban J connectivity index is 1.44. The lowest BCUT2D eigenvalue weighted by Crippen LogP contribution is -2.54. The average Bonchev–Trinajstić information content (AvgIpc) is 3.20. The third-order valence-electron chi connectivity index (χ3n) is 6.91. The summed E-state index contributed by atoms with van der Waals surface area (Å²) in [6.07, 6.45) is 7.50. The molecule has 0 amide bonds. The number of fused-ring (bicyclic) bond motifs is 6. The van der Waals surface area contributed by atoms with Gasteiger partial charge < -0.3 is 4.42 Å². The van der Waals surface area contributed by atoms with Crippen molar-refractivity contribution in [1.82, 2.24) is 9.88 Å². The van der Waals surface area contributed by atoms with Gasteiger partial charge in [0, 0.05) is 29.7 Å². The zero-order chi connectivity index (χ0) is 18.5. The number of nitrogens with zero attached hydrogens (tertiary/aromatic N) is 2. The van der Waals surface area contributed by atoms with Crippen molar-refractivity contribution in [2.45, 2.75) is 31.2 Å². The predicted molar refractivity (Wildman–Crippen MR) is 112 cm³/mol. The third kappa shape index (κ3) is 2.57. The van der Waals surface area contributed by atoms with Gasteiger partial charge in [-0.25, -0.2) is 0 Å². The van der Waals surface area contributed by atoms with Crippen LogP contribution in [0.4, 0.5) is 0 Å². The zero-order valence-corrected chi connectivity index (χ0v) is 15.9. The molecule has 3 saturated heterocycles. The van der Waals surface area contributed by atoms with Gasteiger partial charge in [0.2, 0.25) is 0 Å². The minimum absolute atomic E-state index is 0.467. The lowest BCUT2D eigenvalue weighted by molar-refractivity contribution is 0.0184. The highest BCUT2D eigenvalue weighted by Crippen LogP contribution is 2.46. The van der Waals surface area contributed by atoms with Crippen LogP contribution >= 0.6 is 0 Å². The Bertz CT molecular complexity index is 1130. The number of aromatic nitrogens is 1. The second kappa shape index (κ2) is 6.46. The van der Waals surface area contributed by atoms with E-state index in [1.54, 1.807) is 0 Å². The summed E-state index contributed by atoms with van der Waals surface area (Å²) >= 11 is 0. The fourth-order valence-electron chi connectivity index (χ4n) is 5.57. The van der Waals surface area contributed by atoms with Crippen molar-refractivity contribution in [2.24, 2.45) is 5.92 Å². The van der Waals surface area contributed by atoms with Crippen molar-refractivity contribution in [2.75, 3.05) is 13.1 Å². The second-order valence-electron chi connectivity index (χ2n) is 8.38. The van der Waals surface area contributed by atoms with Gasteiger partial charge in [0.05, 0.1) is 0 Å². The van der Waals surface area contributed by atoms with Gasteiger partial charge in [-0.2, -0.15) is 0 Å². The van der Waals surface area contributed by atoms with Gasteiger partial charge in [0.15, 0.2) is 0 Å². The van der Waals surface area contributed by atoms with E-state index in [4.69, 9.17) is 4.42 Å². The summed E-state index contributed by atoms with van der Waals surface area (Å²) in [5.74, 6) is 2.36. The van der Waals surface area contributed by atoms with Crippen LogP contribution in [0.1, 0.15) is 30.1 Å². The molecule has 2 aromatic heterocycles. The summed E-state index contributed by atoms with van der Waals surface area (Å²) in [5.41, 5.74) is 2.34. The van der Waals surface area contributed by atoms with Crippen molar-refractivity contribution in [1.29, 1.82) is 0 Å². The number of furan rings is 1. The Morgan fingerprint density at radius 2 is 1.86 bits per heavy atom. The van der Waals surface area contributed by atoms with Crippen LogP contribution < -0.4 is 0 Å². The maximum Gasteiger partial charge on any atom is 0.134 e. The molecule has 0 radical (unpaired) electrons. The Hall–Kier alpha value is -2.65. The van der Waals surface area contributed by atoms with Crippen LogP contribution in [-0.2, 0) is 6.42 Å². The molecule has 2 atom stereocenters. The van der Waals surface area contributed by atoms with Gasteiger partial charge in [-0.3, -0.25) is 9.88 Å². The van der Waals surface area contributed by atoms with Gasteiger partial charge in [0.1, 0.15) is 11.3 Å². The molecule has 2 aromatic carbocycles. The molecule has 0 aliphatic carbocycles. The molecule has 3 nitrogen and oxygen atoms in total. The molecule has 2 bridgehead atoms. The van der Waals surface area contributed by atoms with Gasteiger partial charge in [0.25, 0.3) is 0 Å². The number of piperidine rings is 3. The van der Waals surface area contributed by atoms with Gasteiger partial charge >= 0.3 is 0 Å². The molecule has 3 heteroatoms. The van der Waals surface area contributed by atoms with Crippen LogP contribution in [0.3, 0.4) is 0 Å². The first-order valence-corrected chi connectivity index (χ1v) is 10.4. The van der Waals surface area contributed by atoms with Crippen LogP contribution in [0.5, 0.6) is 0 Å². The standard InChI is InChI=1S/C25H24N2O/c1-2-6-20-18(5-1)7-8-23-21(20)15-24(28-23)25-19-9-12-27(13-10-19)22(25)14-17-4-3-11-26-16-17/h1-8,11,15-16,19,22,25H,9-10,12-14H2. The predicted octanol–water partition coefficient (Wildman–Crippen LogP) is 5.40. The van der Waals surface area contributed by atoms with Crippen LogP contribution in [0.15, 0.2) is 71.4 Å². The van der Waals surface area contributed by atoms with Crippen molar-refractivity contribution in [3.8, 4) is 0 Å². The molecule has 2 unspecified atom stereocenters. The van der Waals surface area contributed by atoms with Crippen molar-refractivity contribution in [3.63, 3.8) is 0 Å². The monoisotopic (exact) mass is 368 g/mol. The van der Waals surface area contributed by atoms with Gasteiger partial charge in [-0.1, -0.05) is 36.4 Å². The van der Waals surface area contributed by atoms with Crippen LogP contribution in [0.25, 0.3) is 21.7 Å². The maximum atomic E-state index is 6.49. The first-order chi connectivity index (χ1) is 13.9. The average molecular weight is 368 g/mol. The molecular formula is C25H24N2O. The molecule has 0 spiro atoms. The van der Waals surface area contributed by atoms with Crippen molar-refractivity contribution < 1.29 is 4.42 Å². The van der Waals surface area contributed by atoms with E-state index in [1.807, 2.05) is 18.5 Å². The molecule has 0 N–H and O–H groups in total. The smallest absolute Gasteiger partial charge is 0.134 e. The zero-order valence-electron chi connectivity index (χ0n) is 15.9. The normalized spacial score (nSPS) is 26.9. The van der Waals surface area contributed by atoms with E-state index in [0.717, 1.165) is 17.9 Å². The summed E-state index contributed by atoms with van der Waals surface area (Å²) in [7, 11) is 0. The maximum absolute atomic E-state index is 6.49. The van der Waals surface area contributed by atoms with Crippen LogP contribution in [-0.4, -0.2) is 29.0 Å². The van der Waals surface area contributed by atoms with E-state index in [2.05, 4.69) is 58.4 Å². The molecule has 3 aliphatic rings. The molecule has 0 saturated carbocycles. The Morgan fingerprint density at radius 3 is 2.71 bits per heavy atom. The Kier molecular flexibility index (Phi) is 3.76. The first-order valence-electron chi connectivity index (χ1n) is 10.4. The van der Waals surface area contributed by atoms with Crippen molar-refractivity contribution in [3.05, 3.63) is 78.3 Å². The number of benzene rings is 2. The summed E-state index contributed by atoms with van der Waals surface area (Å²) in [4.78, 5) is 7.02. The summed E-state index contributed by atoms with van der Waals surface area (Å²) in [6.45, 7) is 2.44. The fraction of sp³-hybridized carbons (Fsp3) is 0.320. The molecule has 140 valence electrons. The van der Waals surface area contributed by atoms with E-state index in [0.29, 0.717) is 12.0 Å². The number of hydrogen-bond acceptors (Lipinski definition) is 3. The highest BCUT2D eigenvalue weighted by molar-refractivity contribution is 6.05. The number of hydrogen-bond donors (Lipinski definition) is 0. The summed E-state index contributed by atoms with van der Waals surface area (Å²) in [6, 6.07) is 20.0. The topological polar surface area (TPSA) is 29.3 Å². The molecule has 3 aliphatic heterocycles. The molecule has 7 rings (SSSR count). The molecular weight excluding hydrogens is 344 g/mol. The lowest BCUT2D eigenvalue weighted by Gasteiger charge is -2.50. The van der Waals surface area contributed by atoms with Crippen molar-refractivity contribution >= 4 is 21.7 Å². The summed E-state index contributed by atoms with van der Waals surface area (Å²) in [5, 5.41) is 3.83. The molecule has 3 fully saturated rings. The number of rotatable bonds is 3. The minimum atomic E-state index is 0.467. The molecule has 4 aromatic rings. The lowest BCUT2D eigenvalue weighted by atomic mass is 9.71.